The highest BCUT2D eigenvalue weighted by atomic mass is 79.9. The van der Waals surface area contributed by atoms with Gasteiger partial charge in [0.05, 0.1) is 0 Å². The van der Waals surface area contributed by atoms with E-state index in [1.165, 1.54) is 11.3 Å². The molecule has 5 heteroatoms. The lowest BCUT2D eigenvalue weighted by Gasteiger charge is -2.33. The first-order valence-corrected chi connectivity index (χ1v) is 7.54. The van der Waals surface area contributed by atoms with Crippen molar-refractivity contribution in [2.24, 2.45) is 11.7 Å². The number of hydrogen-bond donors (Lipinski definition) is 1. The first-order valence-electron chi connectivity index (χ1n) is 5.87. The van der Waals surface area contributed by atoms with Gasteiger partial charge in [0.1, 0.15) is 4.88 Å². The molecule has 94 valence electrons. The Morgan fingerprint density at radius 1 is 1.59 bits per heavy atom. The van der Waals surface area contributed by atoms with Gasteiger partial charge >= 0.3 is 0 Å². The SMILES string of the molecule is CC(N)C1CCN(C(=O)c2sccc2Br)CC1. The second kappa shape index (κ2) is 5.50. The van der Waals surface area contributed by atoms with Gasteiger partial charge in [-0.2, -0.15) is 0 Å². The fourth-order valence-corrected chi connectivity index (χ4v) is 3.73. The van der Waals surface area contributed by atoms with Crippen LogP contribution in [-0.4, -0.2) is 29.9 Å². The molecule has 2 N–H and O–H groups in total. The van der Waals surface area contributed by atoms with Gasteiger partial charge in [-0.3, -0.25) is 4.79 Å². The lowest BCUT2D eigenvalue weighted by atomic mass is 9.91. The van der Waals surface area contributed by atoms with Crippen LogP contribution in [0.5, 0.6) is 0 Å². The second-order valence-electron chi connectivity index (χ2n) is 4.59. The lowest BCUT2D eigenvalue weighted by molar-refractivity contribution is 0.0685. The number of carbonyl (C=O) groups excluding carboxylic acids is 1. The molecule has 1 aromatic rings. The maximum absolute atomic E-state index is 12.2. The van der Waals surface area contributed by atoms with Gasteiger partial charge < -0.3 is 10.6 Å². The van der Waals surface area contributed by atoms with E-state index in [4.69, 9.17) is 5.73 Å². The highest BCUT2D eigenvalue weighted by molar-refractivity contribution is 9.10. The van der Waals surface area contributed by atoms with Crippen LogP contribution in [0.1, 0.15) is 29.4 Å². The molecule has 1 unspecified atom stereocenters. The number of piperidine rings is 1. The van der Waals surface area contributed by atoms with Gasteiger partial charge in [0.15, 0.2) is 0 Å². The fourth-order valence-electron chi connectivity index (χ4n) is 2.22. The summed E-state index contributed by atoms with van der Waals surface area (Å²) < 4.78 is 0.904. The number of halogens is 1. The van der Waals surface area contributed by atoms with Crippen molar-refractivity contribution in [2.45, 2.75) is 25.8 Å². The minimum Gasteiger partial charge on any atom is -0.338 e. The normalized spacial score (nSPS) is 19.4. The number of likely N-dealkylation sites (tertiary alicyclic amines) is 1. The number of thiophene rings is 1. The molecule has 1 fully saturated rings. The van der Waals surface area contributed by atoms with Gasteiger partial charge in [-0.05, 0) is 53.1 Å². The topological polar surface area (TPSA) is 46.3 Å². The van der Waals surface area contributed by atoms with Crippen LogP contribution >= 0.6 is 27.3 Å². The van der Waals surface area contributed by atoms with Gasteiger partial charge in [-0.25, -0.2) is 0 Å². The van der Waals surface area contributed by atoms with Gasteiger partial charge in [0.2, 0.25) is 0 Å². The summed E-state index contributed by atoms with van der Waals surface area (Å²) in [5.74, 6) is 0.709. The summed E-state index contributed by atoms with van der Waals surface area (Å²) in [5.41, 5.74) is 5.90. The van der Waals surface area contributed by atoms with Crippen molar-refractivity contribution in [1.29, 1.82) is 0 Å². The van der Waals surface area contributed by atoms with Crippen LogP contribution in [-0.2, 0) is 0 Å². The Balaban J connectivity index is 1.98. The molecule has 0 radical (unpaired) electrons. The van der Waals surface area contributed by atoms with E-state index in [-0.39, 0.29) is 11.9 Å². The van der Waals surface area contributed by atoms with E-state index >= 15 is 0 Å². The average Bonchev–Trinajstić information content (AvgIpc) is 2.74. The summed E-state index contributed by atoms with van der Waals surface area (Å²) in [6.45, 7) is 3.71. The molecular weight excluding hydrogens is 300 g/mol. The van der Waals surface area contributed by atoms with Crippen LogP contribution in [0.2, 0.25) is 0 Å². The minimum absolute atomic E-state index is 0.148. The van der Waals surface area contributed by atoms with E-state index in [1.54, 1.807) is 0 Å². The highest BCUT2D eigenvalue weighted by Crippen LogP contribution is 2.27. The van der Waals surface area contributed by atoms with Crippen molar-refractivity contribution in [3.8, 4) is 0 Å². The third-order valence-electron chi connectivity index (χ3n) is 3.38. The Kier molecular flexibility index (Phi) is 4.22. The molecule has 2 heterocycles. The molecule has 0 aromatic carbocycles. The van der Waals surface area contributed by atoms with E-state index in [1.807, 2.05) is 16.3 Å². The van der Waals surface area contributed by atoms with E-state index < -0.39 is 0 Å². The average molecular weight is 317 g/mol. The Hall–Kier alpha value is -0.390. The lowest BCUT2D eigenvalue weighted by Crippen LogP contribution is -2.42. The van der Waals surface area contributed by atoms with Gasteiger partial charge in [-0.15, -0.1) is 11.3 Å². The summed E-state index contributed by atoms with van der Waals surface area (Å²) >= 11 is 4.91. The molecule has 1 aliphatic heterocycles. The van der Waals surface area contributed by atoms with Crippen molar-refractivity contribution in [1.82, 2.24) is 4.90 Å². The van der Waals surface area contributed by atoms with Crippen LogP contribution in [0.4, 0.5) is 0 Å². The maximum Gasteiger partial charge on any atom is 0.265 e. The number of rotatable bonds is 2. The molecule has 1 aromatic heterocycles. The van der Waals surface area contributed by atoms with E-state index in [2.05, 4.69) is 22.9 Å². The Morgan fingerprint density at radius 3 is 2.71 bits per heavy atom. The summed E-state index contributed by atoms with van der Waals surface area (Å²) in [5, 5.41) is 1.94. The zero-order chi connectivity index (χ0) is 12.4. The number of carbonyl (C=O) groups is 1. The van der Waals surface area contributed by atoms with Crippen molar-refractivity contribution >= 4 is 33.2 Å². The maximum atomic E-state index is 12.2. The second-order valence-corrected chi connectivity index (χ2v) is 6.36. The zero-order valence-electron chi connectivity index (χ0n) is 9.86. The Labute approximate surface area is 114 Å². The van der Waals surface area contributed by atoms with Crippen LogP contribution < -0.4 is 5.73 Å². The fraction of sp³-hybridized carbons (Fsp3) is 0.583. The van der Waals surface area contributed by atoms with Crippen molar-refractivity contribution < 1.29 is 4.79 Å². The first kappa shape index (κ1) is 13.1. The molecule has 17 heavy (non-hydrogen) atoms. The standard InChI is InChI=1S/C12H17BrN2OS/c1-8(14)9-2-5-15(6-3-9)12(16)11-10(13)4-7-17-11/h4,7-9H,2-3,5-6,14H2,1H3. The van der Waals surface area contributed by atoms with Crippen molar-refractivity contribution in [3.63, 3.8) is 0 Å². The molecule has 1 amide bonds. The van der Waals surface area contributed by atoms with Crippen LogP contribution in [0.15, 0.2) is 15.9 Å². The molecule has 1 saturated heterocycles. The van der Waals surface area contributed by atoms with Gasteiger partial charge in [0, 0.05) is 23.6 Å². The predicted molar refractivity (Wildman–Crippen MR) is 74.3 cm³/mol. The summed E-state index contributed by atoms with van der Waals surface area (Å²) in [4.78, 5) is 15.0. The largest absolute Gasteiger partial charge is 0.338 e. The molecule has 1 atom stereocenters. The van der Waals surface area contributed by atoms with Crippen LogP contribution in [0, 0.1) is 5.92 Å². The monoisotopic (exact) mass is 316 g/mol. The first-order chi connectivity index (χ1) is 8.09. The Morgan fingerprint density at radius 2 is 2.24 bits per heavy atom. The van der Waals surface area contributed by atoms with Crippen LogP contribution in [0.25, 0.3) is 0 Å². The molecule has 0 saturated carbocycles. The van der Waals surface area contributed by atoms with Crippen molar-refractivity contribution in [3.05, 3.63) is 20.8 Å². The number of nitrogens with two attached hydrogens (primary N) is 1. The van der Waals surface area contributed by atoms with Crippen LogP contribution in [0.3, 0.4) is 0 Å². The summed E-state index contributed by atoms with van der Waals surface area (Å²) in [6, 6.07) is 2.16. The number of amides is 1. The summed E-state index contributed by atoms with van der Waals surface area (Å²) in [6.07, 6.45) is 2.04. The van der Waals surface area contributed by atoms with Gasteiger partial charge in [0.25, 0.3) is 5.91 Å². The van der Waals surface area contributed by atoms with Crippen molar-refractivity contribution in [2.75, 3.05) is 13.1 Å². The third-order valence-corrected chi connectivity index (χ3v) is 5.21. The van der Waals surface area contributed by atoms with Gasteiger partial charge in [-0.1, -0.05) is 0 Å². The predicted octanol–water partition coefficient (Wildman–Crippen LogP) is 2.71. The number of nitrogens with zero attached hydrogens (tertiary/aromatic N) is 1. The van der Waals surface area contributed by atoms with E-state index in [0.29, 0.717) is 5.92 Å². The number of hydrogen-bond acceptors (Lipinski definition) is 3. The van der Waals surface area contributed by atoms with E-state index in [9.17, 15) is 4.79 Å². The highest BCUT2D eigenvalue weighted by Gasteiger charge is 2.26. The molecule has 0 aliphatic carbocycles. The molecule has 0 bridgehead atoms. The smallest absolute Gasteiger partial charge is 0.265 e. The third kappa shape index (κ3) is 2.89. The molecule has 2 rings (SSSR count). The summed E-state index contributed by atoms with van der Waals surface area (Å²) in [7, 11) is 0. The Bertz CT molecular complexity index is 397. The molecule has 1 aliphatic rings. The molecule has 0 spiro atoms. The van der Waals surface area contributed by atoms with E-state index in [0.717, 1.165) is 35.3 Å². The molecular formula is C12H17BrN2OS. The molecule has 3 nitrogen and oxygen atoms in total. The zero-order valence-corrected chi connectivity index (χ0v) is 12.3. The quantitative estimate of drug-likeness (QED) is 0.911. The minimum atomic E-state index is 0.148.